The molecule has 0 radical (unpaired) electrons. The maximum atomic E-state index is 11.8. The first kappa shape index (κ1) is 11.6. The summed E-state index contributed by atoms with van der Waals surface area (Å²) in [7, 11) is -3.42. The lowest BCUT2D eigenvalue weighted by Crippen LogP contribution is -2.22. The molecule has 0 aliphatic carbocycles. The maximum Gasteiger partial charge on any atom is 0.250 e. The van der Waals surface area contributed by atoms with Crippen LogP contribution in [0.25, 0.3) is 0 Å². The Morgan fingerprint density at radius 3 is 2.75 bits per heavy atom. The molecule has 2 heterocycles. The number of thiophene rings is 2. The van der Waals surface area contributed by atoms with Gasteiger partial charge in [0.2, 0.25) is 10.0 Å². The van der Waals surface area contributed by atoms with Crippen molar-refractivity contribution in [2.45, 2.75) is 10.8 Å². The molecule has 16 heavy (non-hydrogen) atoms. The molecule has 0 unspecified atom stereocenters. The number of sulfonamides is 1. The van der Waals surface area contributed by atoms with Gasteiger partial charge in [-0.05, 0) is 28.5 Å². The van der Waals surface area contributed by atoms with Crippen LogP contribution in [0.2, 0.25) is 0 Å². The van der Waals surface area contributed by atoms with Gasteiger partial charge in [-0.2, -0.15) is 11.3 Å². The number of nitrogens with one attached hydrogen (secondary N) is 1. The van der Waals surface area contributed by atoms with Gasteiger partial charge in [0.05, 0.1) is 0 Å². The Morgan fingerprint density at radius 2 is 2.19 bits per heavy atom. The summed E-state index contributed by atoms with van der Waals surface area (Å²) in [5.41, 5.74) is 6.92. The predicted octanol–water partition coefficient (Wildman–Crippen LogP) is 1.87. The standard InChI is InChI=1S/C9H10N2O2S3/c10-8-3-9(15-6-8)16(12,13)11-4-7-1-2-14-5-7/h1-3,5-6,11H,4,10H2. The van der Waals surface area contributed by atoms with Crippen LogP contribution >= 0.6 is 22.7 Å². The first-order valence-corrected chi connectivity index (χ1v) is 7.73. The van der Waals surface area contributed by atoms with E-state index in [-0.39, 0.29) is 4.21 Å². The maximum absolute atomic E-state index is 11.8. The molecule has 7 heteroatoms. The van der Waals surface area contributed by atoms with Gasteiger partial charge in [0.15, 0.2) is 0 Å². The quantitative estimate of drug-likeness (QED) is 0.894. The molecule has 0 amide bonds. The average Bonchev–Trinajstić information content (AvgIpc) is 2.85. The van der Waals surface area contributed by atoms with Crippen molar-refractivity contribution in [2.24, 2.45) is 0 Å². The van der Waals surface area contributed by atoms with Crippen molar-refractivity contribution in [3.63, 3.8) is 0 Å². The first-order chi connectivity index (χ1) is 7.58. The van der Waals surface area contributed by atoms with E-state index in [2.05, 4.69) is 4.72 Å². The summed E-state index contributed by atoms with van der Waals surface area (Å²) < 4.78 is 26.4. The molecule has 3 N–H and O–H groups in total. The highest BCUT2D eigenvalue weighted by Gasteiger charge is 2.15. The lowest BCUT2D eigenvalue weighted by Gasteiger charge is -2.02. The summed E-state index contributed by atoms with van der Waals surface area (Å²) >= 11 is 2.66. The summed E-state index contributed by atoms with van der Waals surface area (Å²) in [4.78, 5) is 0. The molecule has 86 valence electrons. The summed E-state index contributed by atoms with van der Waals surface area (Å²) in [6.07, 6.45) is 0. The molecular weight excluding hydrogens is 264 g/mol. The fourth-order valence-electron chi connectivity index (χ4n) is 1.11. The van der Waals surface area contributed by atoms with E-state index in [1.807, 2.05) is 16.8 Å². The van der Waals surface area contributed by atoms with Crippen LogP contribution < -0.4 is 10.5 Å². The molecule has 2 rings (SSSR count). The third-order valence-corrected chi connectivity index (χ3v) is 5.50. The fraction of sp³-hybridized carbons (Fsp3) is 0.111. The van der Waals surface area contributed by atoms with Crippen molar-refractivity contribution in [1.29, 1.82) is 0 Å². The normalized spacial score (nSPS) is 11.8. The van der Waals surface area contributed by atoms with Gasteiger partial charge in [-0.15, -0.1) is 11.3 Å². The molecule has 0 aromatic carbocycles. The number of hydrogen-bond donors (Lipinski definition) is 2. The van der Waals surface area contributed by atoms with Crippen LogP contribution in [0.3, 0.4) is 0 Å². The van der Waals surface area contributed by atoms with E-state index in [9.17, 15) is 8.42 Å². The first-order valence-electron chi connectivity index (χ1n) is 4.43. The summed E-state index contributed by atoms with van der Waals surface area (Å²) in [5, 5.41) is 5.43. The van der Waals surface area contributed by atoms with Gasteiger partial charge in [-0.25, -0.2) is 13.1 Å². The molecule has 0 bridgehead atoms. The van der Waals surface area contributed by atoms with Crippen molar-refractivity contribution in [2.75, 3.05) is 5.73 Å². The molecule has 4 nitrogen and oxygen atoms in total. The lowest BCUT2D eigenvalue weighted by molar-refractivity contribution is 0.583. The Bertz CT molecular complexity index is 557. The second kappa shape index (κ2) is 4.54. The Kier molecular flexibility index (Phi) is 3.29. The molecular formula is C9H10N2O2S3. The highest BCUT2D eigenvalue weighted by molar-refractivity contribution is 7.91. The van der Waals surface area contributed by atoms with Gasteiger partial charge < -0.3 is 5.73 Å². The molecule has 0 saturated carbocycles. The SMILES string of the molecule is Nc1csc(S(=O)(=O)NCc2ccsc2)c1. The van der Waals surface area contributed by atoms with Gasteiger partial charge >= 0.3 is 0 Å². The molecule has 0 saturated heterocycles. The van der Waals surface area contributed by atoms with Crippen molar-refractivity contribution in [3.05, 3.63) is 33.8 Å². The zero-order chi connectivity index (χ0) is 11.6. The number of rotatable bonds is 4. The van der Waals surface area contributed by atoms with Crippen LogP contribution in [0.5, 0.6) is 0 Å². The van der Waals surface area contributed by atoms with Crippen molar-refractivity contribution in [1.82, 2.24) is 4.72 Å². The Balaban J connectivity index is 2.09. The van der Waals surface area contributed by atoms with Crippen molar-refractivity contribution in [3.8, 4) is 0 Å². The van der Waals surface area contributed by atoms with Gasteiger partial charge in [0.25, 0.3) is 0 Å². The van der Waals surface area contributed by atoms with Crippen LogP contribution in [0.15, 0.2) is 32.5 Å². The number of nitrogen functional groups attached to an aromatic ring is 1. The largest absolute Gasteiger partial charge is 0.398 e. The number of nitrogens with two attached hydrogens (primary N) is 1. The second-order valence-corrected chi connectivity index (χ2v) is 6.84. The van der Waals surface area contributed by atoms with Crippen LogP contribution in [0.4, 0.5) is 5.69 Å². The Hall–Kier alpha value is -0.890. The minimum Gasteiger partial charge on any atom is -0.398 e. The molecule has 0 aliphatic rings. The predicted molar refractivity (Wildman–Crippen MR) is 67.1 cm³/mol. The minimum absolute atomic E-state index is 0.250. The molecule has 2 aromatic heterocycles. The van der Waals surface area contributed by atoms with Gasteiger partial charge in [-0.3, -0.25) is 0 Å². The smallest absolute Gasteiger partial charge is 0.250 e. The zero-order valence-corrected chi connectivity index (χ0v) is 10.7. The topological polar surface area (TPSA) is 72.2 Å². The van der Waals surface area contributed by atoms with Crippen LogP contribution in [0, 0.1) is 0 Å². The highest BCUT2D eigenvalue weighted by atomic mass is 32.2. The van der Waals surface area contributed by atoms with E-state index in [0.29, 0.717) is 12.2 Å². The van der Waals surface area contributed by atoms with Crippen LogP contribution in [-0.2, 0) is 16.6 Å². The Labute approximate surface area is 102 Å². The van der Waals surface area contributed by atoms with E-state index in [4.69, 9.17) is 5.73 Å². The summed E-state index contributed by atoms with van der Waals surface area (Å²) in [6.45, 7) is 0.309. The van der Waals surface area contributed by atoms with E-state index in [0.717, 1.165) is 16.9 Å². The van der Waals surface area contributed by atoms with Gasteiger partial charge in [-0.1, -0.05) is 0 Å². The van der Waals surface area contributed by atoms with Crippen molar-refractivity contribution < 1.29 is 8.42 Å². The lowest BCUT2D eigenvalue weighted by atomic mass is 10.4. The van der Waals surface area contributed by atoms with E-state index in [1.54, 1.807) is 5.38 Å². The van der Waals surface area contributed by atoms with Crippen LogP contribution in [-0.4, -0.2) is 8.42 Å². The third kappa shape index (κ3) is 2.62. The number of hydrogen-bond acceptors (Lipinski definition) is 5. The van der Waals surface area contributed by atoms with E-state index < -0.39 is 10.0 Å². The molecule has 2 aromatic rings. The highest BCUT2D eigenvalue weighted by Crippen LogP contribution is 2.21. The van der Waals surface area contributed by atoms with Gasteiger partial charge in [0.1, 0.15) is 4.21 Å². The summed E-state index contributed by atoms with van der Waals surface area (Å²) in [6, 6.07) is 3.34. The van der Waals surface area contributed by atoms with Crippen molar-refractivity contribution >= 4 is 38.4 Å². The molecule has 0 aliphatic heterocycles. The number of anilines is 1. The second-order valence-electron chi connectivity index (χ2n) is 3.16. The fourth-order valence-corrected chi connectivity index (χ4v) is 3.92. The van der Waals surface area contributed by atoms with Gasteiger partial charge in [0, 0.05) is 17.6 Å². The molecule has 0 spiro atoms. The zero-order valence-electron chi connectivity index (χ0n) is 8.21. The minimum atomic E-state index is -3.42. The van der Waals surface area contributed by atoms with E-state index >= 15 is 0 Å². The average molecular weight is 274 g/mol. The third-order valence-electron chi connectivity index (χ3n) is 1.91. The molecule has 0 fully saturated rings. The Morgan fingerprint density at radius 1 is 1.38 bits per heavy atom. The van der Waals surface area contributed by atoms with Crippen LogP contribution in [0.1, 0.15) is 5.56 Å². The summed E-state index contributed by atoms with van der Waals surface area (Å²) in [5.74, 6) is 0. The monoisotopic (exact) mass is 274 g/mol. The molecule has 0 atom stereocenters. The van der Waals surface area contributed by atoms with E-state index in [1.165, 1.54) is 17.4 Å².